The van der Waals surface area contributed by atoms with Crippen molar-refractivity contribution in [1.82, 2.24) is 10.2 Å². The van der Waals surface area contributed by atoms with Crippen LogP contribution in [0.3, 0.4) is 0 Å². The van der Waals surface area contributed by atoms with Gasteiger partial charge in [0.05, 0.1) is 0 Å². The fraction of sp³-hybridized carbons (Fsp3) is 0.222. The first-order valence-electron chi connectivity index (χ1n) is 7.47. The quantitative estimate of drug-likeness (QED) is 0.880. The maximum Gasteiger partial charge on any atom is 0.254 e. The summed E-state index contributed by atoms with van der Waals surface area (Å²) in [5.41, 5.74) is 2.48. The van der Waals surface area contributed by atoms with Crippen LogP contribution < -0.4 is 5.32 Å². The van der Waals surface area contributed by atoms with Crippen molar-refractivity contribution in [2.24, 2.45) is 0 Å². The van der Waals surface area contributed by atoms with Gasteiger partial charge in [-0.25, -0.2) is 0 Å². The summed E-state index contributed by atoms with van der Waals surface area (Å²) in [5, 5.41) is 2.86. The fourth-order valence-corrected chi connectivity index (χ4v) is 3.24. The van der Waals surface area contributed by atoms with Crippen molar-refractivity contribution in [1.29, 1.82) is 0 Å². The summed E-state index contributed by atoms with van der Waals surface area (Å²) in [7, 11) is 0. The van der Waals surface area contributed by atoms with Crippen molar-refractivity contribution in [2.45, 2.75) is 13.0 Å². The van der Waals surface area contributed by atoms with Crippen molar-refractivity contribution in [3.05, 3.63) is 69.7 Å². The number of halogens is 1. The Kier molecular flexibility index (Phi) is 4.48. The minimum Gasteiger partial charge on any atom is -0.352 e. The van der Waals surface area contributed by atoms with Crippen molar-refractivity contribution in [2.75, 3.05) is 13.1 Å². The SMILES string of the molecule is Cc1cccc(C2C(=O)NCCN2C(=O)c2cccc(Br)c2)c1. The number of nitrogens with one attached hydrogen (secondary N) is 1. The van der Waals surface area contributed by atoms with E-state index < -0.39 is 6.04 Å². The summed E-state index contributed by atoms with van der Waals surface area (Å²) in [5.74, 6) is -0.266. The molecule has 0 aromatic heterocycles. The van der Waals surface area contributed by atoms with E-state index in [0.717, 1.165) is 15.6 Å². The third-order valence-electron chi connectivity index (χ3n) is 3.90. The Morgan fingerprint density at radius 1 is 1.22 bits per heavy atom. The summed E-state index contributed by atoms with van der Waals surface area (Å²) in [4.78, 5) is 26.9. The summed E-state index contributed by atoms with van der Waals surface area (Å²) < 4.78 is 0.844. The second-order valence-electron chi connectivity index (χ2n) is 5.62. The van der Waals surface area contributed by atoms with Gasteiger partial charge in [0.1, 0.15) is 6.04 Å². The maximum absolute atomic E-state index is 12.9. The number of nitrogens with zero attached hydrogens (tertiary/aromatic N) is 1. The third kappa shape index (κ3) is 3.29. The van der Waals surface area contributed by atoms with E-state index in [-0.39, 0.29) is 11.8 Å². The van der Waals surface area contributed by atoms with Gasteiger partial charge in [0.25, 0.3) is 5.91 Å². The molecular weight excluding hydrogens is 356 g/mol. The molecule has 1 unspecified atom stereocenters. The van der Waals surface area contributed by atoms with Gasteiger partial charge in [-0.05, 0) is 30.7 Å². The van der Waals surface area contributed by atoms with E-state index in [9.17, 15) is 9.59 Å². The van der Waals surface area contributed by atoms with Gasteiger partial charge in [0.2, 0.25) is 5.91 Å². The number of carbonyl (C=O) groups is 2. The zero-order valence-electron chi connectivity index (χ0n) is 12.8. The Morgan fingerprint density at radius 3 is 2.74 bits per heavy atom. The first-order valence-corrected chi connectivity index (χ1v) is 8.26. The molecule has 23 heavy (non-hydrogen) atoms. The van der Waals surface area contributed by atoms with Gasteiger partial charge in [0.15, 0.2) is 0 Å². The number of benzene rings is 2. The summed E-state index contributed by atoms with van der Waals surface area (Å²) in [6, 6.07) is 14.4. The number of amides is 2. The molecule has 1 heterocycles. The van der Waals surface area contributed by atoms with Crippen LogP contribution >= 0.6 is 15.9 Å². The third-order valence-corrected chi connectivity index (χ3v) is 4.40. The van der Waals surface area contributed by atoms with Crippen molar-refractivity contribution in [3.8, 4) is 0 Å². The molecule has 1 aliphatic heterocycles. The highest BCUT2D eigenvalue weighted by atomic mass is 79.9. The van der Waals surface area contributed by atoms with E-state index in [1.807, 2.05) is 43.3 Å². The van der Waals surface area contributed by atoms with E-state index in [2.05, 4.69) is 21.2 Å². The molecule has 0 bridgehead atoms. The van der Waals surface area contributed by atoms with Crippen LogP contribution in [0.1, 0.15) is 27.5 Å². The molecule has 0 aliphatic carbocycles. The lowest BCUT2D eigenvalue weighted by molar-refractivity contribution is -0.128. The maximum atomic E-state index is 12.9. The Balaban J connectivity index is 1.98. The fourth-order valence-electron chi connectivity index (χ4n) is 2.84. The lowest BCUT2D eigenvalue weighted by Gasteiger charge is -2.35. The molecule has 1 aliphatic rings. The molecule has 2 amide bonds. The lowest BCUT2D eigenvalue weighted by atomic mass is 9.99. The summed E-state index contributed by atoms with van der Waals surface area (Å²) in [6.07, 6.45) is 0. The number of carbonyl (C=O) groups excluding carboxylic acids is 2. The van der Waals surface area contributed by atoms with Crippen LogP contribution in [0.4, 0.5) is 0 Å². The molecule has 1 fully saturated rings. The van der Waals surface area contributed by atoms with Gasteiger partial charge in [-0.1, -0.05) is 51.8 Å². The Hall–Kier alpha value is -2.14. The molecule has 3 rings (SSSR count). The normalized spacial score (nSPS) is 17.7. The average molecular weight is 373 g/mol. The molecule has 4 nitrogen and oxygen atoms in total. The number of aryl methyl sites for hydroxylation is 1. The minimum atomic E-state index is -0.588. The largest absolute Gasteiger partial charge is 0.352 e. The molecule has 1 saturated heterocycles. The van der Waals surface area contributed by atoms with Crippen molar-refractivity contribution in [3.63, 3.8) is 0 Å². The highest BCUT2D eigenvalue weighted by molar-refractivity contribution is 9.10. The molecule has 0 radical (unpaired) electrons. The lowest BCUT2D eigenvalue weighted by Crippen LogP contribution is -2.52. The predicted molar refractivity (Wildman–Crippen MR) is 92.1 cm³/mol. The van der Waals surface area contributed by atoms with Gasteiger partial charge in [-0.2, -0.15) is 0 Å². The van der Waals surface area contributed by atoms with Gasteiger partial charge < -0.3 is 10.2 Å². The van der Waals surface area contributed by atoms with E-state index in [0.29, 0.717) is 18.7 Å². The van der Waals surface area contributed by atoms with Crippen LogP contribution in [0.15, 0.2) is 53.0 Å². The van der Waals surface area contributed by atoms with Gasteiger partial charge in [-0.15, -0.1) is 0 Å². The monoisotopic (exact) mass is 372 g/mol. The van der Waals surface area contributed by atoms with Crippen LogP contribution in [0.25, 0.3) is 0 Å². The van der Waals surface area contributed by atoms with E-state index >= 15 is 0 Å². The smallest absolute Gasteiger partial charge is 0.254 e. The second-order valence-corrected chi connectivity index (χ2v) is 6.53. The van der Waals surface area contributed by atoms with E-state index in [1.165, 1.54) is 0 Å². The van der Waals surface area contributed by atoms with Gasteiger partial charge >= 0.3 is 0 Å². The number of hydrogen-bond acceptors (Lipinski definition) is 2. The van der Waals surface area contributed by atoms with Crippen LogP contribution in [0, 0.1) is 6.92 Å². The molecule has 5 heteroatoms. The first kappa shape index (κ1) is 15.7. The summed E-state index contributed by atoms with van der Waals surface area (Å²) in [6.45, 7) is 2.95. The van der Waals surface area contributed by atoms with Gasteiger partial charge in [0, 0.05) is 23.1 Å². The minimum absolute atomic E-state index is 0.132. The molecule has 1 N–H and O–H groups in total. The van der Waals surface area contributed by atoms with E-state index in [4.69, 9.17) is 0 Å². The number of piperazine rings is 1. The molecule has 1 atom stereocenters. The predicted octanol–water partition coefficient (Wildman–Crippen LogP) is 3.07. The molecule has 0 saturated carbocycles. The topological polar surface area (TPSA) is 49.4 Å². The second kappa shape index (κ2) is 6.54. The highest BCUT2D eigenvalue weighted by Crippen LogP contribution is 2.26. The molecular formula is C18H17BrN2O2. The zero-order valence-corrected chi connectivity index (χ0v) is 14.3. The Bertz CT molecular complexity index is 760. The van der Waals surface area contributed by atoms with Crippen LogP contribution in [-0.2, 0) is 4.79 Å². The average Bonchev–Trinajstić information content (AvgIpc) is 2.54. The van der Waals surface area contributed by atoms with Gasteiger partial charge in [-0.3, -0.25) is 9.59 Å². The summed E-state index contributed by atoms with van der Waals surface area (Å²) >= 11 is 3.39. The van der Waals surface area contributed by atoms with Crippen molar-refractivity contribution < 1.29 is 9.59 Å². The van der Waals surface area contributed by atoms with Crippen LogP contribution in [0.5, 0.6) is 0 Å². The highest BCUT2D eigenvalue weighted by Gasteiger charge is 2.34. The Morgan fingerprint density at radius 2 is 2.00 bits per heavy atom. The molecule has 2 aromatic rings. The Labute approximate surface area is 143 Å². The first-order chi connectivity index (χ1) is 11.1. The molecule has 2 aromatic carbocycles. The van der Waals surface area contributed by atoms with Crippen LogP contribution in [-0.4, -0.2) is 29.8 Å². The number of rotatable bonds is 2. The van der Waals surface area contributed by atoms with E-state index in [1.54, 1.807) is 17.0 Å². The molecule has 0 spiro atoms. The van der Waals surface area contributed by atoms with Crippen molar-refractivity contribution >= 4 is 27.7 Å². The zero-order chi connectivity index (χ0) is 16.4. The number of hydrogen-bond donors (Lipinski definition) is 1. The molecule has 118 valence electrons. The van der Waals surface area contributed by atoms with Crippen LogP contribution in [0.2, 0.25) is 0 Å². The standard InChI is InChI=1S/C18H17BrN2O2/c1-12-4-2-5-13(10-12)16-17(22)20-8-9-21(16)18(23)14-6-3-7-15(19)11-14/h2-7,10-11,16H,8-9H2,1H3,(H,20,22).